The Balaban J connectivity index is 1.60. The zero-order valence-corrected chi connectivity index (χ0v) is 13.7. The van der Waals surface area contributed by atoms with Gasteiger partial charge in [-0.15, -0.1) is 0 Å². The predicted octanol–water partition coefficient (Wildman–Crippen LogP) is 3.42. The van der Waals surface area contributed by atoms with Gasteiger partial charge in [-0.3, -0.25) is 5.10 Å². The maximum Gasteiger partial charge on any atom is 0.359 e. The van der Waals surface area contributed by atoms with Gasteiger partial charge in [0, 0.05) is 16.3 Å². The average Bonchev–Trinajstić information content (AvgIpc) is 3.23. The second kappa shape index (κ2) is 7.27. The lowest BCUT2D eigenvalue weighted by Gasteiger charge is -1.97. The van der Waals surface area contributed by atoms with E-state index in [2.05, 4.69) is 20.3 Å². The van der Waals surface area contributed by atoms with Crippen molar-refractivity contribution in [1.82, 2.24) is 20.3 Å². The molecular formula is C16H15ClN4O3. The van der Waals surface area contributed by atoms with Gasteiger partial charge in [0.2, 0.25) is 5.82 Å². The molecule has 2 heterocycles. The van der Waals surface area contributed by atoms with Crippen molar-refractivity contribution in [2.24, 2.45) is 0 Å². The van der Waals surface area contributed by atoms with Gasteiger partial charge < -0.3 is 9.26 Å². The van der Waals surface area contributed by atoms with E-state index >= 15 is 0 Å². The number of esters is 1. The molecule has 3 aromatic rings. The Kier molecular flexibility index (Phi) is 4.90. The Bertz CT molecular complexity index is 826. The number of hydrogen-bond acceptors (Lipinski definition) is 6. The van der Waals surface area contributed by atoms with Crippen LogP contribution < -0.4 is 0 Å². The minimum absolute atomic E-state index is 0.116. The number of nitrogens with one attached hydrogen (secondary N) is 1. The molecule has 0 radical (unpaired) electrons. The van der Waals surface area contributed by atoms with E-state index in [9.17, 15) is 4.79 Å². The summed E-state index contributed by atoms with van der Waals surface area (Å²) in [6, 6.07) is 8.71. The highest BCUT2D eigenvalue weighted by atomic mass is 35.5. The van der Waals surface area contributed by atoms with Crippen LogP contribution >= 0.6 is 11.6 Å². The van der Waals surface area contributed by atoms with Gasteiger partial charge in [-0.05, 0) is 36.8 Å². The fourth-order valence-corrected chi connectivity index (χ4v) is 2.22. The summed E-state index contributed by atoms with van der Waals surface area (Å²) in [5.74, 6) is 0.0696. The number of aryl methyl sites for hydroxylation is 1. The lowest BCUT2D eigenvalue weighted by Crippen LogP contribution is -2.05. The Morgan fingerprint density at radius 2 is 2.12 bits per heavy atom. The zero-order chi connectivity index (χ0) is 16.9. The Morgan fingerprint density at radius 3 is 2.88 bits per heavy atom. The number of carbonyl (C=O) groups is 1. The molecule has 7 nitrogen and oxygen atoms in total. The number of aromatic nitrogens is 4. The third kappa shape index (κ3) is 3.80. The van der Waals surface area contributed by atoms with Crippen LogP contribution in [-0.4, -0.2) is 26.3 Å². The summed E-state index contributed by atoms with van der Waals surface area (Å²) in [5.41, 5.74) is 1.89. The van der Waals surface area contributed by atoms with E-state index in [0.29, 0.717) is 10.8 Å². The highest BCUT2D eigenvalue weighted by molar-refractivity contribution is 6.30. The van der Waals surface area contributed by atoms with Crippen LogP contribution in [0.3, 0.4) is 0 Å². The van der Waals surface area contributed by atoms with Crippen molar-refractivity contribution in [2.75, 3.05) is 0 Å². The van der Waals surface area contributed by atoms with E-state index in [1.54, 1.807) is 30.3 Å². The van der Waals surface area contributed by atoms with E-state index in [-0.39, 0.29) is 18.2 Å². The van der Waals surface area contributed by atoms with E-state index in [1.165, 1.54) is 0 Å². The van der Waals surface area contributed by atoms with Crippen molar-refractivity contribution in [2.45, 2.75) is 26.4 Å². The first kappa shape index (κ1) is 16.2. The average molecular weight is 347 g/mol. The monoisotopic (exact) mass is 346 g/mol. The largest absolute Gasteiger partial charge is 0.451 e. The fraction of sp³-hybridized carbons (Fsp3) is 0.250. The minimum Gasteiger partial charge on any atom is -0.451 e. The van der Waals surface area contributed by atoms with Crippen molar-refractivity contribution in [1.29, 1.82) is 0 Å². The summed E-state index contributed by atoms with van der Waals surface area (Å²) in [6.45, 7) is 1.93. The van der Waals surface area contributed by atoms with Gasteiger partial charge in [0.05, 0.1) is 0 Å². The lowest BCUT2D eigenvalue weighted by molar-refractivity contribution is 0.0423. The standard InChI is InChI=1S/C16H15ClN4O3/c1-2-3-12-8-13(20-19-12)16(22)23-9-14-18-15(21-24-14)10-4-6-11(17)7-5-10/h4-8H,2-3,9H2,1H3,(H,19,20). The normalized spacial score (nSPS) is 10.8. The molecule has 0 spiro atoms. The van der Waals surface area contributed by atoms with Gasteiger partial charge in [0.1, 0.15) is 0 Å². The zero-order valence-electron chi connectivity index (χ0n) is 13.0. The third-order valence-electron chi connectivity index (χ3n) is 3.26. The van der Waals surface area contributed by atoms with Gasteiger partial charge in [0.25, 0.3) is 5.89 Å². The molecule has 24 heavy (non-hydrogen) atoms. The molecule has 3 rings (SSSR count). The van der Waals surface area contributed by atoms with Crippen molar-refractivity contribution in [3.05, 3.63) is 52.6 Å². The van der Waals surface area contributed by atoms with Crippen molar-refractivity contribution in [3.8, 4) is 11.4 Å². The highest BCUT2D eigenvalue weighted by Gasteiger charge is 2.15. The fourth-order valence-electron chi connectivity index (χ4n) is 2.09. The highest BCUT2D eigenvalue weighted by Crippen LogP contribution is 2.19. The van der Waals surface area contributed by atoms with Crippen LogP contribution in [-0.2, 0) is 17.8 Å². The molecule has 1 N–H and O–H groups in total. The number of H-pyrrole nitrogens is 1. The van der Waals surface area contributed by atoms with E-state index in [1.807, 2.05) is 6.92 Å². The van der Waals surface area contributed by atoms with Crippen LogP contribution in [0.15, 0.2) is 34.9 Å². The number of ether oxygens (including phenoxy) is 1. The molecule has 0 aliphatic carbocycles. The second-order valence-corrected chi connectivity index (χ2v) is 5.56. The van der Waals surface area contributed by atoms with Crippen LogP contribution in [0.4, 0.5) is 0 Å². The number of benzene rings is 1. The topological polar surface area (TPSA) is 93.9 Å². The van der Waals surface area contributed by atoms with Crippen LogP contribution in [0.1, 0.15) is 35.4 Å². The van der Waals surface area contributed by atoms with Gasteiger partial charge in [-0.2, -0.15) is 10.1 Å². The number of carbonyl (C=O) groups excluding carboxylic acids is 1. The van der Waals surface area contributed by atoms with Crippen LogP contribution in [0.2, 0.25) is 5.02 Å². The summed E-state index contributed by atoms with van der Waals surface area (Å²) in [5, 5.41) is 11.2. The van der Waals surface area contributed by atoms with E-state index in [4.69, 9.17) is 20.9 Å². The van der Waals surface area contributed by atoms with Crippen LogP contribution in [0.5, 0.6) is 0 Å². The van der Waals surface area contributed by atoms with Gasteiger partial charge in [0.15, 0.2) is 12.3 Å². The molecule has 1 aromatic carbocycles. The smallest absolute Gasteiger partial charge is 0.359 e. The molecule has 0 atom stereocenters. The van der Waals surface area contributed by atoms with Gasteiger partial charge in [-0.1, -0.05) is 30.1 Å². The maximum absolute atomic E-state index is 11.9. The first-order valence-electron chi connectivity index (χ1n) is 7.45. The minimum atomic E-state index is -0.542. The predicted molar refractivity (Wildman–Crippen MR) is 86.4 cm³/mol. The molecule has 0 aliphatic rings. The van der Waals surface area contributed by atoms with Crippen molar-refractivity contribution >= 4 is 17.6 Å². The quantitative estimate of drug-likeness (QED) is 0.687. The Hall–Kier alpha value is -2.67. The molecule has 0 bridgehead atoms. The molecule has 2 aromatic heterocycles. The third-order valence-corrected chi connectivity index (χ3v) is 3.51. The molecule has 0 amide bonds. The molecule has 0 fully saturated rings. The Morgan fingerprint density at radius 1 is 1.33 bits per heavy atom. The number of nitrogens with zero attached hydrogens (tertiary/aromatic N) is 3. The first-order valence-corrected chi connectivity index (χ1v) is 7.83. The number of rotatable bonds is 6. The summed E-state index contributed by atoms with van der Waals surface area (Å²) < 4.78 is 10.2. The first-order chi connectivity index (χ1) is 11.7. The van der Waals surface area contributed by atoms with Crippen molar-refractivity contribution in [3.63, 3.8) is 0 Å². The van der Waals surface area contributed by atoms with Gasteiger partial charge in [-0.25, -0.2) is 4.79 Å². The second-order valence-electron chi connectivity index (χ2n) is 5.12. The maximum atomic E-state index is 11.9. The molecular weight excluding hydrogens is 332 g/mol. The lowest BCUT2D eigenvalue weighted by atomic mass is 10.2. The van der Waals surface area contributed by atoms with E-state index in [0.717, 1.165) is 24.1 Å². The molecule has 0 unspecified atom stereocenters. The Labute approximate surface area is 143 Å². The van der Waals surface area contributed by atoms with Gasteiger partial charge >= 0.3 is 5.97 Å². The summed E-state index contributed by atoms with van der Waals surface area (Å²) in [4.78, 5) is 16.1. The number of hydrogen-bond donors (Lipinski definition) is 1. The summed E-state index contributed by atoms with van der Waals surface area (Å²) >= 11 is 5.84. The molecule has 0 saturated heterocycles. The van der Waals surface area contributed by atoms with Crippen LogP contribution in [0.25, 0.3) is 11.4 Å². The molecule has 124 valence electrons. The van der Waals surface area contributed by atoms with E-state index < -0.39 is 5.97 Å². The molecule has 0 saturated carbocycles. The molecule has 8 heteroatoms. The summed E-state index contributed by atoms with van der Waals surface area (Å²) in [6.07, 6.45) is 1.79. The summed E-state index contributed by atoms with van der Waals surface area (Å²) in [7, 11) is 0. The van der Waals surface area contributed by atoms with Crippen molar-refractivity contribution < 1.29 is 14.1 Å². The number of halogens is 1. The molecule has 0 aliphatic heterocycles. The number of aromatic amines is 1. The SMILES string of the molecule is CCCc1cc(C(=O)OCc2nc(-c3ccc(Cl)cc3)no2)n[nH]1. The van der Waals surface area contributed by atoms with Crippen LogP contribution in [0, 0.1) is 0 Å².